The van der Waals surface area contributed by atoms with Crippen LogP contribution in [0.15, 0.2) is 36.7 Å². The number of likely N-dealkylation sites (tertiary alicyclic amines) is 1. The van der Waals surface area contributed by atoms with Crippen molar-refractivity contribution in [3.63, 3.8) is 0 Å². The third-order valence-electron chi connectivity index (χ3n) is 4.87. The molecule has 1 aliphatic heterocycles. The second-order valence-corrected chi connectivity index (χ2v) is 6.79. The van der Waals surface area contributed by atoms with Gasteiger partial charge in [-0.2, -0.15) is 5.10 Å². The van der Waals surface area contributed by atoms with Crippen molar-refractivity contribution in [2.24, 2.45) is 11.7 Å². The molecule has 0 radical (unpaired) electrons. The Labute approximate surface area is 148 Å². The normalized spacial score (nSPS) is 18.8. The number of piperidine rings is 1. The number of hydrogen-bond donors (Lipinski definition) is 1. The van der Waals surface area contributed by atoms with Crippen molar-refractivity contribution in [1.29, 1.82) is 0 Å². The summed E-state index contributed by atoms with van der Waals surface area (Å²) in [5, 5.41) is 4.34. The molecule has 2 heterocycles. The van der Waals surface area contributed by atoms with E-state index in [1.807, 2.05) is 42.3 Å². The average Bonchev–Trinajstić information content (AvgIpc) is 3.10. The van der Waals surface area contributed by atoms with E-state index in [-0.39, 0.29) is 11.9 Å². The highest BCUT2D eigenvalue weighted by atomic mass is 16.5. The van der Waals surface area contributed by atoms with Gasteiger partial charge in [0.05, 0.1) is 25.4 Å². The maximum Gasteiger partial charge on any atom is 0.257 e. The molecule has 1 aliphatic rings. The molecule has 2 atom stereocenters. The van der Waals surface area contributed by atoms with Crippen LogP contribution in [0.2, 0.25) is 0 Å². The van der Waals surface area contributed by atoms with Gasteiger partial charge in [-0.05, 0) is 43.4 Å². The minimum atomic E-state index is 0.0475. The Bertz CT molecular complexity index is 708. The van der Waals surface area contributed by atoms with Crippen LogP contribution >= 0.6 is 0 Å². The lowest BCUT2D eigenvalue weighted by molar-refractivity contribution is 0.0661. The van der Waals surface area contributed by atoms with Gasteiger partial charge in [0, 0.05) is 25.3 Å². The predicted octanol–water partition coefficient (Wildman–Crippen LogP) is 2.14. The molecule has 2 N–H and O–H groups in total. The van der Waals surface area contributed by atoms with Crippen molar-refractivity contribution in [1.82, 2.24) is 14.7 Å². The van der Waals surface area contributed by atoms with E-state index in [2.05, 4.69) is 5.10 Å². The zero-order valence-corrected chi connectivity index (χ0v) is 14.9. The van der Waals surface area contributed by atoms with Crippen LogP contribution in [-0.2, 0) is 6.54 Å². The van der Waals surface area contributed by atoms with Gasteiger partial charge in [-0.25, -0.2) is 0 Å². The fourth-order valence-electron chi connectivity index (χ4n) is 3.28. The van der Waals surface area contributed by atoms with E-state index in [1.54, 1.807) is 18.0 Å². The van der Waals surface area contributed by atoms with Gasteiger partial charge in [0.2, 0.25) is 0 Å². The molecule has 3 rings (SSSR count). The number of ether oxygens (including phenoxy) is 1. The number of carbonyl (C=O) groups excluding carboxylic acids is 1. The Balaban J connectivity index is 1.64. The molecule has 25 heavy (non-hydrogen) atoms. The molecule has 2 aromatic rings. The molecular weight excluding hydrogens is 316 g/mol. The molecule has 134 valence electrons. The SMILES string of the molecule is COc1ccc(Cn2cc(C(=O)N3CCC[C@@H]([C@H](C)N)C3)cn2)cc1. The maximum absolute atomic E-state index is 12.7. The first kappa shape index (κ1) is 17.5. The number of benzene rings is 1. The third-order valence-corrected chi connectivity index (χ3v) is 4.87. The minimum absolute atomic E-state index is 0.0475. The average molecular weight is 342 g/mol. The van der Waals surface area contributed by atoms with Gasteiger partial charge in [0.1, 0.15) is 5.75 Å². The molecule has 0 unspecified atom stereocenters. The van der Waals surface area contributed by atoms with E-state index in [0.717, 1.165) is 37.2 Å². The third kappa shape index (κ3) is 4.20. The van der Waals surface area contributed by atoms with Crippen LogP contribution in [0.5, 0.6) is 5.75 Å². The Hall–Kier alpha value is -2.34. The van der Waals surface area contributed by atoms with Gasteiger partial charge in [-0.1, -0.05) is 12.1 Å². The lowest BCUT2D eigenvalue weighted by Crippen LogP contribution is -2.45. The fraction of sp³-hybridized carbons (Fsp3) is 0.474. The summed E-state index contributed by atoms with van der Waals surface area (Å²) in [7, 11) is 1.65. The molecular formula is C19H26N4O2. The van der Waals surface area contributed by atoms with Crippen LogP contribution in [0, 0.1) is 5.92 Å². The van der Waals surface area contributed by atoms with Crippen LogP contribution in [0.4, 0.5) is 0 Å². The molecule has 1 aromatic carbocycles. The highest BCUT2D eigenvalue weighted by Crippen LogP contribution is 2.20. The first-order valence-corrected chi connectivity index (χ1v) is 8.77. The summed E-state index contributed by atoms with van der Waals surface area (Å²) in [4.78, 5) is 14.6. The zero-order valence-electron chi connectivity index (χ0n) is 14.9. The van der Waals surface area contributed by atoms with Crippen molar-refractivity contribution in [3.05, 3.63) is 47.8 Å². The second-order valence-electron chi connectivity index (χ2n) is 6.79. The molecule has 1 fully saturated rings. The quantitative estimate of drug-likeness (QED) is 0.903. The van der Waals surface area contributed by atoms with E-state index >= 15 is 0 Å². The molecule has 0 bridgehead atoms. The number of methoxy groups -OCH3 is 1. The molecule has 1 saturated heterocycles. The molecule has 1 aromatic heterocycles. The summed E-state index contributed by atoms with van der Waals surface area (Å²) in [6.45, 7) is 4.18. The summed E-state index contributed by atoms with van der Waals surface area (Å²) >= 11 is 0. The standard InChI is InChI=1S/C19H26N4O2/c1-14(20)16-4-3-9-22(12-16)19(24)17-10-21-23(13-17)11-15-5-7-18(25-2)8-6-15/h5-8,10,13-14,16H,3-4,9,11-12,20H2,1-2H3/t14-,16+/m0/s1. The summed E-state index contributed by atoms with van der Waals surface area (Å²) in [6.07, 6.45) is 5.58. The fourth-order valence-corrected chi connectivity index (χ4v) is 3.28. The number of carbonyl (C=O) groups is 1. The van der Waals surface area contributed by atoms with Crippen molar-refractivity contribution in [2.45, 2.75) is 32.4 Å². The molecule has 6 nitrogen and oxygen atoms in total. The monoisotopic (exact) mass is 342 g/mol. The van der Waals surface area contributed by atoms with Crippen LogP contribution in [-0.4, -0.2) is 46.8 Å². The first-order valence-electron chi connectivity index (χ1n) is 8.77. The summed E-state index contributed by atoms with van der Waals surface area (Å²) in [6, 6.07) is 7.97. The van der Waals surface area contributed by atoms with Gasteiger partial charge in [-0.15, -0.1) is 0 Å². The van der Waals surface area contributed by atoms with E-state index in [1.165, 1.54) is 0 Å². The van der Waals surface area contributed by atoms with Gasteiger partial charge >= 0.3 is 0 Å². The minimum Gasteiger partial charge on any atom is -0.497 e. The number of rotatable bonds is 5. The van der Waals surface area contributed by atoms with Crippen molar-refractivity contribution < 1.29 is 9.53 Å². The molecule has 0 saturated carbocycles. The smallest absolute Gasteiger partial charge is 0.257 e. The number of nitrogens with two attached hydrogens (primary N) is 1. The van der Waals surface area contributed by atoms with Crippen LogP contribution in [0.25, 0.3) is 0 Å². The van der Waals surface area contributed by atoms with Crippen molar-refractivity contribution >= 4 is 5.91 Å². The summed E-state index contributed by atoms with van der Waals surface area (Å²) in [5.41, 5.74) is 7.76. The number of amides is 1. The summed E-state index contributed by atoms with van der Waals surface area (Å²) < 4.78 is 6.96. The first-order chi connectivity index (χ1) is 12.1. The topological polar surface area (TPSA) is 73.4 Å². The lowest BCUT2D eigenvalue weighted by Gasteiger charge is -2.34. The van der Waals surface area contributed by atoms with Crippen molar-refractivity contribution in [2.75, 3.05) is 20.2 Å². The van der Waals surface area contributed by atoms with Gasteiger partial charge < -0.3 is 15.4 Å². The number of nitrogens with zero attached hydrogens (tertiary/aromatic N) is 3. The number of aromatic nitrogens is 2. The largest absolute Gasteiger partial charge is 0.497 e. The maximum atomic E-state index is 12.7. The lowest BCUT2D eigenvalue weighted by atomic mass is 9.92. The summed E-state index contributed by atoms with van der Waals surface area (Å²) in [5.74, 6) is 1.26. The van der Waals surface area contributed by atoms with Gasteiger partial charge in [-0.3, -0.25) is 9.48 Å². The Morgan fingerprint density at radius 1 is 1.40 bits per heavy atom. The van der Waals surface area contributed by atoms with E-state index in [0.29, 0.717) is 18.0 Å². The van der Waals surface area contributed by atoms with Crippen LogP contribution in [0.3, 0.4) is 0 Å². The Kier molecular flexibility index (Phi) is 5.38. The second kappa shape index (κ2) is 7.70. The van der Waals surface area contributed by atoms with Gasteiger partial charge in [0.25, 0.3) is 5.91 Å². The van der Waals surface area contributed by atoms with Crippen LogP contribution < -0.4 is 10.5 Å². The zero-order chi connectivity index (χ0) is 17.8. The Morgan fingerprint density at radius 3 is 2.84 bits per heavy atom. The van der Waals surface area contributed by atoms with Crippen LogP contribution in [0.1, 0.15) is 35.7 Å². The molecule has 6 heteroatoms. The molecule has 1 amide bonds. The highest BCUT2D eigenvalue weighted by Gasteiger charge is 2.27. The predicted molar refractivity (Wildman–Crippen MR) is 96.6 cm³/mol. The molecule has 0 spiro atoms. The van der Waals surface area contributed by atoms with Crippen molar-refractivity contribution in [3.8, 4) is 5.75 Å². The van der Waals surface area contributed by atoms with Gasteiger partial charge in [0.15, 0.2) is 0 Å². The van der Waals surface area contributed by atoms with E-state index < -0.39 is 0 Å². The number of hydrogen-bond acceptors (Lipinski definition) is 4. The van der Waals surface area contributed by atoms with E-state index in [9.17, 15) is 4.79 Å². The van der Waals surface area contributed by atoms with E-state index in [4.69, 9.17) is 10.5 Å². The molecule has 0 aliphatic carbocycles. The Morgan fingerprint density at radius 2 is 2.16 bits per heavy atom. The highest BCUT2D eigenvalue weighted by molar-refractivity contribution is 5.93.